The van der Waals surface area contributed by atoms with Crippen molar-refractivity contribution in [1.29, 1.82) is 0 Å². The summed E-state index contributed by atoms with van der Waals surface area (Å²) < 4.78 is 13.5. The summed E-state index contributed by atoms with van der Waals surface area (Å²) in [6.07, 6.45) is 0. The Kier molecular flexibility index (Phi) is 3.05. The summed E-state index contributed by atoms with van der Waals surface area (Å²) in [6.45, 7) is 0. The van der Waals surface area contributed by atoms with Gasteiger partial charge in [0.25, 0.3) is 0 Å². The van der Waals surface area contributed by atoms with Crippen LogP contribution < -0.4 is 5.73 Å². The van der Waals surface area contributed by atoms with E-state index in [-0.39, 0.29) is 5.82 Å². The van der Waals surface area contributed by atoms with Gasteiger partial charge < -0.3 is 5.73 Å². The first-order valence-corrected chi connectivity index (χ1v) is 5.73. The molecule has 15 heavy (non-hydrogen) atoms. The van der Waals surface area contributed by atoms with Gasteiger partial charge in [-0.2, -0.15) is 11.3 Å². The molecule has 0 aliphatic heterocycles. The van der Waals surface area contributed by atoms with E-state index in [0.29, 0.717) is 10.6 Å². The van der Waals surface area contributed by atoms with Crippen LogP contribution in [0.4, 0.5) is 4.39 Å². The molecule has 0 aliphatic carbocycles. The lowest BCUT2D eigenvalue weighted by Gasteiger charge is -2.11. The second-order valence-corrected chi connectivity index (χ2v) is 4.42. The van der Waals surface area contributed by atoms with Crippen LogP contribution >= 0.6 is 22.9 Å². The van der Waals surface area contributed by atoms with E-state index in [1.807, 2.05) is 16.8 Å². The van der Waals surface area contributed by atoms with Crippen LogP contribution in [0.3, 0.4) is 0 Å². The van der Waals surface area contributed by atoms with Crippen LogP contribution in [0.25, 0.3) is 0 Å². The summed E-state index contributed by atoms with van der Waals surface area (Å²) in [4.78, 5) is 0. The van der Waals surface area contributed by atoms with Crippen molar-refractivity contribution in [2.24, 2.45) is 5.73 Å². The highest BCUT2D eigenvalue weighted by atomic mass is 35.5. The van der Waals surface area contributed by atoms with E-state index in [1.54, 1.807) is 6.07 Å². The molecule has 4 heteroatoms. The molecule has 0 saturated carbocycles. The predicted molar refractivity (Wildman–Crippen MR) is 61.8 cm³/mol. The van der Waals surface area contributed by atoms with Gasteiger partial charge in [0.15, 0.2) is 0 Å². The molecule has 0 amide bonds. The van der Waals surface area contributed by atoms with E-state index in [2.05, 4.69) is 0 Å². The third-order valence-corrected chi connectivity index (χ3v) is 3.13. The molecule has 1 nitrogen and oxygen atoms in total. The van der Waals surface area contributed by atoms with Crippen LogP contribution in [0.2, 0.25) is 5.02 Å². The molecule has 2 rings (SSSR count). The fourth-order valence-electron chi connectivity index (χ4n) is 1.38. The van der Waals surface area contributed by atoms with Crippen molar-refractivity contribution in [2.75, 3.05) is 0 Å². The van der Waals surface area contributed by atoms with E-state index < -0.39 is 6.04 Å². The van der Waals surface area contributed by atoms with E-state index >= 15 is 0 Å². The van der Waals surface area contributed by atoms with Crippen LogP contribution in [-0.2, 0) is 0 Å². The highest BCUT2D eigenvalue weighted by Gasteiger charge is 2.14. The third-order valence-electron chi connectivity index (χ3n) is 2.20. The van der Waals surface area contributed by atoms with Gasteiger partial charge in [-0.25, -0.2) is 4.39 Å². The fourth-order valence-corrected chi connectivity index (χ4v) is 2.26. The molecule has 78 valence electrons. The van der Waals surface area contributed by atoms with Gasteiger partial charge in [0, 0.05) is 10.6 Å². The fraction of sp³-hybridized carbons (Fsp3) is 0.0909. The zero-order valence-electron chi connectivity index (χ0n) is 7.78. The summed E-state index contributed by atoms with van der Waals surface area (Å²) in [6, 6.07) is 5.86. The van der Waals surface area contributed by atoms with Gasteiger partial charge in [0.05, 0.1) is 6.04 Å². The minimum Gasteiger partial charge on any atom is -0.320 e. The average molecular weight is 242 g/mol. The van der Waals surface area contributed by atoms with Crippen molar-refractivity contribution in [3.8, 4) is 0 Å². The molecular formula is C11H9ClFNS. The van der Waals surface area contributed by atoms with Crippen molar-refractivity contribution in [3.63, 3.8) is 0 Å². The number of hydrogen-bond donors (Lipinski definition) is 1. The Balaban J connectivity index is 2.41. The Morgan fingerprint density at radius 2 is 2.13 bits per heavy atom. The zero-order chi connectivity index (χ0) is 10.8. The highest BCUT2D eigenvalue weighted by molar-refractivity contribution is 7.08. The maximum absolute atomic E-state index is 13.5. The van der Waals surface area contributed by atoms with Crippen molar-refractivity contribution >= 4 is 22.9 Å². The first kappa shape index (κ1) is 10.6. The van der Waals surface area contributed by atoms with Gasteiger partial charge in [-0.15, -0.1) is 0 Å². The van der Waals surface area contributed by atoms with Crippen molar-refractivity contribution in [3.05, 3.63) is 57.0 Å². The molecule has 0 fully saturated rings. The summed E-state index contributed by atoms with van der Waals surface area (Å²) in [5.74, 6) is -0.321. The van der Waals surface area contributed by atoms with Gasteiger partial charge in [0.1, 0.15) is 5.82 Å². The maximum Gasteiger partial charge on any atom is 0.128 e. The predicted octanol–water partition coefficient (Wildman–Crippen LogP) is 3.59. The molecular weight excluding hydrogens is 233 g/mol. The van der Waals surface area contributed by atoms with Crippen LogP contribution in [0, 0.1) is 5.82 Å². The van der Waals surface area contributed by atoms with E-state index in [4.69, 9.17) is 17.3 Å². The minimum absolute atomic E-state index is 0.321. The first-order valence-electron chi connectivity index (χ1n) is 4.41. The van der Waals surface area contributed by atoms with Gasteiger partial charge in [-0.05, 0) is 40.6 Å². The number of hydrogen-bond acceptors (Lipinski definition) is 2. The number of thiophene rings is 1. The molecule has 1 aromatic heterocycles. The molecule has 2 N–H and O–H groups in total. The summed E-state index contributed by atoms with van der Waals surface area (Å²) in [7, 11) is 0. The highest BCUT2D eigenvalue weighted by Crippen LogP contribution is 2.26. The smallest absolute Gasteiger partial charge is 0.128 e. The Hall–Kier alpha value is -0.900. The lowest BCUT2D eigenvalue weighted by molar-refractivity contribution is 0.600. The van der Waals surface area contributed by atoms with Crippen molar-refractivity contribution in [2.45, 2.75) is 6.04 Å². The number of nitrogens with two attached hydrogens (primary N) is 1. The summed E-state index contributed by atoms with van der Waals surface area (Å²) in [5, 5.41) is 4.32. The van der Waals surface area contributed by atoms with Crippen LogP contribution in [-0.4, -0.2) is 0 Å². The Labute approximate surface area is 96.3 Å². The Morgan fingerprint density at radius 1 is 1.33 bits per heavy atom. The molecule has 2 aromatic rings. The number of halogens is 2. The van der Waals surface area contributed by atoms with Crippen LogP contribution in [0.15, 0.2) is 35.0 Å². The van der Waals surface area contributed by atoms with Gasteiger partial charge >= 0.3 is 0 Å². The SMILES string of the molecule is N[C@@H](c1ccsc1)c1cc(Cl)ccc1F. The second-order valence-electron chi connectivity index (χ2n) is 3.20. The molecule has 0 spiro atoms. The topological polar surface area (TPSA) is 26.0 Å². The molecule has 0 radical (unpaired) electrons. The van der Waals surface area contributed by atoms with Gasteiger partial charge in [0.2, 0.25) is 0 Å². The zero-order valence-corrected chi connectivity index (χ0v) is 9.36. The molecule has 1 heterocycles. The third kappa shape index (κ3) is 2.20. The quantitative estimate of drug-likeness (QED) is 0.855. The van der Waals surface area contributed by atoms with E-state index in [0.717, 1.165) is 5.56 Å². The molecule has 0 saturated heterocycles. The Morgan fingerprint density at radius 3 is 2.80 bits per heavy atom. The van der Waals surface area contributed by atoms with Gasteiger partial charge in [-0.1, -0.05) is 11.6 Å². The first-order chi connectivity index (χ1) is 7.18. The lowest BCUT2D eigenvalue weighted by atomic mass is 10.0. The molecule has 0 bridgehead atoms. The minimum atomic E-state index is -0.449. The van der Waals surface area contributed by atoms with E-state index in [9.17, 15) is 4.39 Å². The number of benzene rings is 1. The van der Waals surface area contributed by atoms with E-state index in [1.165, 1.54) is 23.5 Å². The average Bonchev–Trinajstić information content (AvgIpc) is 2.74. The standard InChI is InChI=1S/C11H9ClFNS/c12-8-1-2-10(13)9(5-8)11(14)7-3-4-15-6-7/h1-6,11H,14H2/t11-/m0/s1. The largest absolute Gasteiger partial charge is 0.320 e. The number of rotatable bonds is 2. The summed E-state index contributed by atoms with van der Waals surface area (Å²) in [5.41, 5.74) is 7.27. The molecule has 1 atom stereocenters. The van der Waals surface area contributed by atoms with Crippen LogP contribution in [0.5, 0.6) is 0 Å². The molecule has 0 unspecified atom stereocenters. The lowest BCUT2D eigenvalue weighted by Crippen LogP contribution is -2.12. The summed E-state index contributed by atoms with van der Waals surface area (Å²) >= 11 is 7.34. The Bertz CT molecular complexity index is 456. The maximum atomic E-state index is 13.5. The molecule has 1 aromatic carbocycles. The normalized spacial score (nSPS) is 12.7. The van der Waals surface area contributed by atoms with Crippen LogP contribution in [0.1, 0.15) is 17.2 Å². The monoisotopic (exact) mass is 241 g/mol. The molecule has 0 aliphatic rings. The van der Waals surface area contributed by atoms with Crippen molar-refractivity contribution in [1.82, 2.24) is 0 Å². The van der Waals surface area contributed by atoms with Crippen molar-refractivity contribution < 1.29 is 4.39 Å². The second kappa shape index (κ2) is 4.31. The van der Waals surface area contributed by atoms with Gasteiger partial charge in [-0.3, -0.25) is 0 Å².